The van der Waals surface area contributed by atoms with E-state index in [-0.39, 0.29) is 9.79 Å². The quantitative estimate of drug-likeness (QED) is 0.611. The first-order valence-electron chi connectivity index (χ1n) is 6.24. The lowest BCUT2D eigenvalue weighted by atomic mass is 9.72. The topological polar surface area (TPSA) is 97.7 Å². The fourth-order valence-corrected chi connectivity index (χ4v) is 4.88. The lowest BCUT2D eigenvalue weighted by Gasteiger charge is -2.37. The summed E-state index contributed by atoms with van der Waals surface area (Å²) < 4.78 is 47.2. The van der Waals surface area contributed by atoms with Crippen LogP contribution in [0.4, 0.5) is 0 Å². The lowest BCUT2D eigenvalue weighted by Crippen LogP contribution is -2.32. The van der Waals surface area contributed by atoms with Crippen LogP contribution in [0.5, 0.6) is 0 Å². The van der Waals surface area contributed by atoms with Gasteiger partial charge in [-0.25, -0.2) is 21.6 Å². The Bertz CT molecular complexity index is 829. The van der Waals surface area contributed by atoms with E-state index in [1.807, 2.05) is 0 Å². The van der Waals surface area contributed by atoms with Crippen molar-refractivity contribution in [2.45, 2.75) is 34.6 Å². The van der Waals surface area contributed by atoms with Crippen LogP contribution in [0, 0.1) is 0 Å². The number of sulfone groups is 2. The zero-order valence-electron chi connectivity index (χ0n) is 11.7. The standard InChI is InChI=1S/C13H15NO5S2/c1-20(16,17)11-5-4-10(8-12(11)21(2,18)19)13(14-9-15)6-3-7-13/h4-5,8H,3,6-7H2,1-2H3. The van der Waals surface area contributed by atoms with E-state index in [0.29, 0.717) is 18.4 Å². The third-order valence-corrected chi connectivity index (χ3v) is 6.14. The maximum absolute atomic E-state index is 11.9. The molecule has 0 saturated heterocycles. The van der Waals surface area contributed by atoms with Gasteiger partial charge in [-0.15, -0.1) is 0 Å². The van der Waals surface area contributed by atoms with Gasteiger partial charge in [0, 0.05) is 12.5 Å². The maximum atomic E-state index is 11.9. The van der Waals surface area contributed by atoms with Gasteiger partial charge in [0.2, 0.25) is 6.08 Å². The van der Waals surface area contributed by atoms with E-state index in [0.717, 1.165) is 18.9 Å². The van der Waals surface area contributed by atoms with Crippen molar-refractivity contribution in [1.82, 2.24) is 0 Å². The minimum atomic E-state index is -3.72. The molecule has 0 heterocycles. The predicted molar refractivity (Wildman–Crippen MR) is 76.3 cm³/mol. The molecule has 1 aliphatic carbocycles. The Kier molecular flexibility index (Phi) is 3.82. The van der Waals surface area contributed by atoms with E-state index in [2.05, 4.69) is 4.99 Å². The zero-order chi connectivity index (χ0) is 15.9. The van der Waals surface area contributed by atoms with Crippen LogP contribution in [0.2, 0.25) is 0 Å². The van der Waals surface area contributed by atoms with E-state index in [1.165, 1.54) is 24.3 Å². The van der Waals surface area contributed by atoms with Gasteiger partial charge in [-0.2, -0.15) is 4.99 Å². The fourth-order valence-electron chi connectivity index (χ4n) is 2.46. The van der Waals surface area contributed by atoms with E-state index in [1.54, 1.807) is 0 Å². The van der Waals surface area contributed by atoms with E-state index < -0.39 is 25.2 Å². The summed E-state index contributed by atoms with van der Waals surface area (Å²) in [5.41, 5.74) is -0.234. The fraction of sp³-hybridized carbons (Fsp3) is 0.462. The van der Waals surface area contributed by atoms with Crippen LogP contribution >= 0.6 is 0 Å². The van der Waals surface area contributed by atoms with Crippen LogP contribution in [-0.4, -0.2) is 35.4 Å². The van der Waals surface area contributed by atoms with Crippen molar-refractivity contribution in [3.05, 3.63) is 23.8 Å². The molecule has 0 spiro atoms. The lowest BCUT2D eigenvalue weighted by molar-refractivity contribution is 0.255. The third kappa shape index (κ3) is 2.92. The van der Waals surface area contributed by atoms with Gasteiger partial charge in [-0.3, -0.25) is 0 Å². The van der Waals surface area contributed by atoms with Crippen LogP contribution in [0.1, 0.15) is 24.8 Å². The Balaban J connectivity index is 2.72. The number of hydrogen-bond acceptors (Lipinski definition) is 6. The summed E-state index contributed by atoms with van der Waals surface area (Å²) in [6.07, 6.45) is 5.53. The van der Waals surface area contributed by atoms with Crippen LogP contribution in [0.3, 0.4) is 0 Å². The summed E-state index contributed by atoms with van der Waals surface area (Å²) in [5.74, 6) is 0. The number of rotatable bonds is 4. The molecule has 0 radical (unpaired) electrons. The number of hydrogen-bond donors (Lipinski definition) is 0. The highest BCUT2D eigenvalue weighted by atomic mass is 32.2. The summed E-state index contributed by atoms with van der Waals surface area (Å²) in [4.78, 5) is 13.9. The smallest absolute Gasteiger partial charge is 0.224 e. The predicted octanol–water partition coefficient (Wildman–Crippen LogP) is 1.21. The summed E-state index contributed by atoms with van der Waals surface area (Å²) in [6.45, 7) is 0. The van der Waals surface area contributed by atoms with Gasteiger partial charge in [0.1, 0.15) is 0 Å². The van der Waals surface area contributed by atoms with Gasteiger partial charge < -0.3 is 0 Å². The Morgan fingerprint density at radius 1 is 1.05 bits per heavy atom. The molecule has 0 unspecified atom stereocenters. The molecule has 0 aliphatic heterocycles. The Labute approximate surface area is 123 Å². The largest absolute Gasteiger partial charge is 0.235 e. The molecule has 1 aromatic carbocycles. The normalized spacial score (nSPS) is 17.6. The first kappa shape index (κ1) is 15.9. The Morgan fingerprint density at radius 3 is 2.00 bits per heavy atom. The summed E-state index contributed by atoms with van der Waals surface area (Å²) in [6, 6.07) is 4.10. The van der Waals surface area contributed by atoms with Crippen molar-refractivity contribution in [2.24, 2.45) is 4.99 Å². The highest BCUT2D eigenvalue weighted by molar-refractivity contribution is 7.93. The van der Waals surface area contributed by atoms with Gasteiger partial charge in [0.25, 0.3) is 0 Å². The van der Waals surface area contributed by atoms with E-state index in [9.17, 15) is 21.6 Å². The van der Waals surface area contributed by atoms with E-state index in [4.69, 9.17) is 0 Å². The molecule has 1 fully saturated rings. The van der Waals surface area contributed by atoms with E-state index >= 15 is 0 Å². The molecule has 0 atom stereocenters. The average molecular weight is 329 g/mol. The highest BCUT2D eigenvalue weighted by Gasteiger charge is 2.40. The van der Waals surface area contributed by atoms with Crippen molar-refractivity contribution in [2.75, 3.05) is 12.5 Å². The maximum Gasteiger partial charge on any atom is 0.235 e. The molecule has 1 aromatic rings. The van der Waals surface area contributed by atoms with Crippen molar-refractivity contribution in [1.29, 1.82) is 0 Å². The van der Waals surface area contributed by atoms with Crippen LogP contribution in [0.15, 0.2) is 33.0 Å². The second-order valence-corrected chi connectivity index (χ2v) is 9.26. The first-order chi connectivity index (χ1) is 9.60. The molecular formula is C13H15NO5S2. The molecule has 21 heavy (non-hydrogen) atoms. The molecule has 114 valence electrons. The number of nitrogens with zero attached hydrogens (tertiary/aromatic N) is 1. The molecule has 0 N–H and O–H groups in total. The number of benzene rings is 1. The first-order valence-corrected chi connectivity index (χ1v) is 10.0. The Hall–Kier alpha value is -1.50. The second kappa shape index (κ2) is 5.05. The Morgan fingerprint density at radius 2 is 1.62 bits per heavy atom. The van der Waals surface area contributed by atoms with Gasteiger partial charge in [0.15, 0.2) is 19.7 Å². The molecule has 1 aliphatic rings. The van der Waals surface area contributed by atoms with Crippen LogP contribution in [0.25, 0.3) is 0 Å². The van der Waals surface area contributed by atoms with Gasteiger partial charge >= 0.3 is 0 Å². The molecule has 0 bridgehead atoms. The minimum absolute atomic E-state index is 0.238. The average Bonchev–Trinajstić information content (AvgIpc) is 2.31. The zero-order valence-corrected chi connectivity index (χ0v) is 13.3. The highest BCUT2D eigenvalue weighted by Crippen LogP contribution is 2.45. The SMILES string of the molecule is CS(=O)(=O)c1ccc(C2(N=C=O)CCC2)cc1S(C)(=O)=O. The number of isocyanates is 1. The molecule has 8 heteroatoms. The van der Waals surface area contributed by atoms with Crippen molar-refractivity contribution < 1.29 is 21.6 Å². The molecule has 6 nitrogen and oxygen atoms in total. The van der Waals surface area contributed by atoms with Crippen molar-refractivity contribution in [3.8, 4) is 0 Å². The van der Waals surface area contributed by atoms with Crippen molar-refractivity contribution >= 4 is 25.8 Å². The monoisotopic (exact) mass is 329 g/mol. The van der Waals surface area contributed by atoms with Gasteiger partial charge in [0.05, 0.1) is 15.3 Å². The molecule has 1 saturated carbocycles. The number of aliphatic imine (C=N–C) groups is 1. The minimum Gasteiger partial charge on any atom is -0.224 e. The van der Waals surface area contributed by atoms with Crippen LogP contribution in [-0.2, 0) is 30.0 Å². The second-order valence-electron chi connectivity index (χ2n) is 5.29. The summed E-state index contributed by atoms with van der Waals surface area (Å²) in [7, 11) is -7.38. The number of carbonyl (C=O) groups excluding carboxylic acids is 1. The molecular weight excluding hydrogens is 314 g/mol. The third-order valence-electron chi connectivity index (χ3n) is 3.72. The van der Waals surface area contributed by atoms with Gasteiger partial charge in [-0.1, -0.05) is 6.07 Å². The van der Waals surface area contributed by atoms with Crippen molar-refractivity contribution in [3.63, 3.8) is 0 Å². The molecule has 0 aromatic heterocycles. The van der Waals surface area contributed by atoms with Crippen LogP contribution < -0.4 is 0 Å². The summed E-state index contributed by atoms with van der Waals surface area (Å²) in [5, 5.41) is 0. The molecule has 0 amide bonds. The summed E-state index contributed by atoms with van der Waals surface area (Å²) >= 11 is 0. The van der Waals surface area contributed by atoms with Gasteiger partial charge in [-0.05, 0) is 37.0 Å². The molecule has 2 rings (SSSR count).